The summed E-state index contributed by atoms with van der Waals surface area (Å²) in [4.78, 5) is 16.2. The van der Waals surface area contributed by atoms with Crippen molar-refractivity contribution in [2.75, 3.05) is 38.2 Å². The molecule has 1 aliphatic carbocycles. The van der Waals surface area contributed by atoms with Crippen molar-refractivity contribution in [2.45, 2.75) is 38.1 Å². The Kier molecular flexibility index (Phi) is 5.41. The summed E-state index contributed by atoms with van der Waals surface area (Å²) >= 11 is 0. The summed E-state index contributed by atoms with van der Waals surface area (Å²) < 4.78 is 5.52. The Hall–Kier alpha value is -2.05. The van der Waals surface area contributed by atoms with Crippen molar-refractivity contribution >= 4 is 5.95 Å². The molecule has 3 heterocycles. The standard InChI is InChI=1S/C20H27N5O/c1-15-12-18(16-4-2-5-16)24-20(23-15)22-14-19(17-6-3-7-21-13-17)25-8-10-26-11-9-25/h3,6-7,12-13,16,19H,2,4-5,8-11,14H2,1H3,(H,22,23,24)/t19-/m0/s1. The molecular weight excluding hydrogens is 326 g/mol. The molecule has 2 aromatic heterocycles. The van der Waals surface area contributed by atoms with E-state index in [1.165, 1.54) is 30.5 Å². The fraction of sp³-hybridized carbons (Fsp3) is 0.550. The molecule has 1 saturated heterocycles. The lowest BCUT2D eigenvalue weighted by atomic mass is 9.83. The lowest BCUT2D eigenvalue weighted by Gasteiger charge is -2.34. The van der Waals surface area contributed by atoms with Crippen molar-refractivity contribution in [3.05, 3.63) is 47.5 Å². The predicted octanol–water partition coefficient (Wildman–Crippen LogP) is 2.93. The molecule has 0 spiro atoms. The molecule has 138 valence electrons. The lowest BCUT2D eigenvalue weighted by molar-refractivity contribution is 0.0186. The van der Waals surface area contributed by atoms with E-state index in [1.807, 2.05) is 18.5 Å². The number of ether oxygens (including phenoxy) is 1. The number of morpholine rings is 1. The van der Waals surface area contributed by atoms with Crippen LogP contribution in [0.3, 0.4) is 0 Å². The minimum absolute atomic E-state index is 0.240. The van der Waals surface area contributed by atoms with Crippen LogP contribution < -0.4 is 5.32 Å². The van der Waals surface area contributed by atoms with Crippen LogP contribution in [0.15, 0.2) is 30.6 Å². The Labute approximate surface area is 155 Å². The summed E-state index contributed by atoms with van der Waals surface area (Å²) in [6.45, 7) is 6.24. The normalized spacial score (nSPS) is 19.7. The molecule has 2 aliphatic rings. The lowest BCUT2D eigenvalue weighted by Crippen LogP contribution is -2.41. The van der Waals surface area contributed by atoms with Crippen molar-refractivity contribution in [1.29, 1.82) is 0 Å². The van der Waals surface area contributed by atoms with Crippen LogP contribution >= 0.6 is 0 Å². The molecule has 0 radical (unpaired) electrons. The predicted molar refractivity (Wildman–Crippen MR) is 101 cm³/mol. The van der Waals surface area contributed by atoms with Gasteiger partial charge in [0, 0.05) is 49.3 Å². The maximum Gasteiger partial charge on any atom is 0.223 e. The second-order valence-electron chi connectivity index (χ2n) is 7.22. The topological polar surface area (TPSA) is 63.2 Å². The maximum atomic E-state index is 5.52. The number of nitrogens with one attached hydrogen (secondary N) is 1. The van der Waals surface area contributed by atoms with Gasteiger partial charge in [-0.1, -0.05) is 12.5 Å². The van der Waals surface area contributed by atoms with E-state index in [0.717, 1.165) is 44.5 Å². The van der Waals surface area contributed by atoms with Crippen LogP contribution in [0.5, 0.6) is 0 Å². The molecule has 2 fully saturated rings. The zero-order chi connectivity index (χ0) is 17.8. The van der Waals surface area contributed by atoms with Crippen molar-refractivity contribution < 1.29 is 4.74 Å². The average Bonchev–Trinajstić information content (AvgIpc) is 2.62. The fourth-order valence-corrected chi connectivity index (χ4v) is 3.69. The molecule has 4 rings (SSSR count). The average molecular weight is 353 g/mol. The number of anilines is 1. The van der Waals surface area contributed by atoms with Gasteiger partial charge in [-0.3, -0.25) is 9.88 Å². The number of pyridine rings is 1. The Morgan fingerprint density at radius 1 is 1.27 bits per heavy atom. The molecule has 1 N–H and O–H groups in total. The van der Waals surface area contributed by atoms with E-state index in [2.05, 4.69) is 39.2 Å². The van der Waals surface area contributed by atoms with Gasteiger partial charge in [0.05, 0.1) is 19.3 Å². The summed E-state index contributed by atoms with van der Waals surface area (Å²) in [5.74, 6) is 1.36. The first-order chi connectivity index (χ1) is 12.8. The van der Waals surface area contributed by atoms with Gasteiger partial charge in [0.1, 0.15) is 0 Å². The number of aryl methyl sites for hydroxylation is 1. The molecule has 1 saturated carbocycles. The Balaban J connectivity index is 1.50. The van der Waals surface area contributed by atoms with E-state index < -0.39 is 0 Å². The summed E-state index contributed by atoms with van der Waals surface area (Å²) in [6, 6.07) is 6.52. The maximum absolute atomic E-state index is 5.52. The van der Waals surface area contributed by atoms with Crippen LogP contribution in [0.25, 0.3) is 0 Å². The molecule has 6 heteroatoms. The first-order valence-corrected chi connectivity index (χ1v) is 9.61. The molecule has 0 aromatic carbocycles. The highest BCUT2D eigenvalue weighted by Crippen LogP contribution is 2.35. The first kappa shape index (κ1) is 17.4. The molecule has 2 aromatic rings. The first-order valence-electron chi connectivity index (χ1n) is 9.61. The number of aromatic nitrogens is 3. The molecular formula is C20H27N5O. The van der Waals surface area contributed by atoms with E-state index in [-0.39, 0.29) is 6.04 Å². The molecule has 0 amide bonds. The van der Waals surface area contributed by atoms with Crippen LogP contribution in [-0.4, -0.2) is 52.7 Å². The van der Waals surface area contributed by atoms with Gasteiger partial charge in [-0.15, -0.1) is 0 Å². The van der Waals surface area contributed by atoms with Crippen LogP contribution in [0, 0.1) is 6.92 Å². The minimum Gasteiger partial charge on any atom is -0.379 e. The fourth-order valence-electron chi connectivity index (χ4n) is 3.69. The number of rotatable bonds is 6. The third-order valence-electron chi connectivity index (χ3n) is 5.41. The van der Waals surface area contributed by atoms with Crippen molar-refractivity contribution in [2.24, 2.45) is 0 Å². The summed E-state index contributed by atoms with van der Waals surface area (Å²) in [6.07, 6.45) is 7.60. The SMILES string of the molecule is Cc1cc(C2CCC2)nc(NC[C@@H](c2cccnc2)N2CCOCC2)n1. The Morgan fingerprint density at radius 3 is 2.81 bits per heavy atom. The molecule has 26 heavy (non-hydrogen) atoms. The minimum atomic E-state index is 0.240. The largest absolute Gasteiger partial charge is 0.379 e. The monoisotopic (exact) mass is 353 g/mol. The van der Waals surface area contributed by atoms with E-state index in [4.69, 9.17) is 9.72 Å². The quantitative estimate of drug-likeness (QED) is 0.861. The van der Waals surface area contributed by atoms with Gasteiger partial charge in [0.15, 0.2) is 0 Å². The second-order valence-corrected chi connectivity index (χ2v) is 7.22. The highest BCUT2D eigenvalue weighted by atomic mass is 16.5. The third kappa shape index (κ3) is 4.02. The molecule has 0 unspecified atom stereocenters. The zero-order valence-electron chi connectivity index (χ0n) is 15.4. The molecule has 0 bridgehead atoms. The smallest absolute Gasteiger partial charge is 0.223 e. The number of hydrogen-bond acceptors (Lipinski definition) is 6. The van der Waals surface area contributed by atoms with Crippen LogP contribution in [0.2, 0.25) is 0 Å². The van der Waals surface area contributed by atoms with Gasteiger partial charge < -0.3 is 10.1 Å². The molecule has 6 nitrogen and oxygen atoms in total. The summed E-state index contributed by atoms with van der Waals surface area (Å²) in [7, 11) is 0. The Bertz CT molecular complexity index is 713. The van der Waals surface area contributed by atoms with E-state index in [0.29, 0.717) is 5.92 Å². The van der Waals surface area contributed by atoms with Crippen LogP contribution in [-0.2, 0) is 4.74 Å². The van der Waals surface area contributed by atoms with Gasteiger partial charge in [0.2, 0.25) is 5.95 Å². The molecule has 1 atom stereocenters. The van der Waals surface area contributed by atoms with Gasteiger partial charge >= 0.3 is 0 Å². The summed E-state index contributed by atoms with van der Waals surface area (Å²) in [5, 5.41) is 3.49. The number of nitrogens with zero attached hydrogens (tertiary/aromatic N) is 4. The van der Waals surface area contributed by atoms with Gasteiger partial charge in [0.25, 0.3) is 0 Å². The Morgan fingerprint density at radius 2 is 2.12 bits per heavy atom. The van der Waals surface area contributed by atoms with Crippen molar-refractivity contribution in [3.63, 3.8) is 0 Å². The van der Waals surface area contributed by atoms with Gasteiger partial charge in [-0.05, 0) is 37.5 Å². The second kappa shape index (κ2) is 8.10. The van der Waals surface area contributed by atoms with Crippen molar-refractivity contribution in [1.82, 2.24) is 19.9 Å². The molecule has 1 aliphatic heterocycles. The van der Waals surface area contributed by atoms with Gasteiger partial charge in [-0.25, -0.2) is 9.97 Å². The van der Waals surface area contributed by atoms with Crippen molar-refractivity contribution in [3.8, 4) is 0 Å². The third-order valence-corrected chi connectivity index (χ3v) is 5.41. The van der Waals surface area contributed by atoms with E-state index in [9.17, 15) is 0 Å². The van der Waals surface area contributed by atoms with E-state index in [1.54, 1.807) is 0 Å². The highest BCUT2D eigenvalue weighted by Gasteiger charge is 2.24. The van der Waals surface area contributed by atoms with E-state index >= 15 is 0 Å². The number of hydrogen-bond donors (Lipinski definition) is 1. The summed E-state index contributed by atoms with van der Waals surface area (Å²) in [5.41, 5.74) is 3.44. The highest BCUT2D eigenvalue weighted by molar-refractivity contribution is 5.31. The van der Waals surface area contributed by atoms with Gasteiger partial charge in [-0.2, -0.15) is 0 Å². The van der Waals surface area contributed by atoms with Crippen LogP contribution in [0.1, 0.15) is 48.2 Å². The zero-order valence-corrected chi connectivity index (χ0v) is 15.4. The van der Waals surface area contributed by atoms with Crippen LogP contribution in [0.4, 0.5) is 5.95 Å².